The molecule has 0 N–H and O–H groups in total. The van der Waals surface area contributed by atoms with Gasteiger partial charge in [0.15, 0.2) is 5.76 Å². The molecule has 4 aliphatic carbocycles. The number of nitrogens with zero attached hydrogens (tertiary/aromatic N) is 1. The molecule has 142 valence electrons. The van der Waals surface area contributed by atoms with Gasteiger partial charge in [-0.05, 0) is 68.4 Å². The normalized spacial score (nSPS) is 31.1. The van der Waals surface area contributed by atoms with E-state index in [0.29, 0.717) is 11.5 Å². The van der Waals surface area contributed by atoms with E-state index in [-0.39, 0.29) is 18.0 Å². The maximum atomic E-state index is 12.9. The average Bonchev–Trinajstić information content (AvgIpc) is 3.14. The van der Waals surface area contributed by atoms with E-state index in [0.717, 1.165) is 48.3 Å². The molecule has 4 aliphatic rings. The van der Waals surface area contributed by atoms with Gasteiger partial charge in [0.05, 0.1) is 12.5 Å². The molecule has 1 aromatic carbocycles. The molecular formula is C22H25NO4. The van der Waals surface area contributed by atoms with Crippen molar-refractivity contribution in [2.24, 2.45) is 23.2 Å². The highest BCUT2D eigenvalue weighted by molar-refractivity contribution is 5.77. The number of rotatable bonds is 5. The molecule has 4 saturated carbocycles. The van der Waals surface area contributed by atoms with Gasteiger partial charge in [-0.3, -0.25) is 4.79 Å². The monoisotopic (exact) mass is 367 g/mol. The van der Waals surface area contributed by atoms with Gasteiger partial charge in [0.2, 0.25) is 0 Å². The van der Waals surface area contributed by atoms with E-state index in [2.05, 4.69) is 5.16 Å². The number of benzene rings is 1. The van der Waals surface area contributed by atoms with Gasteiger partial charge < -0.3 is 14.0 Å². The number of aromatic nitrogens is 1. The molecule has 0 spiro atoms. The summed E-state index contributed by atoms with van der Waals surface area (Å²) < 4.78 is 16.4. The number of carbonyl (C=O) groups excluding carboxylic acids is 1. The van der Waals surface area contributed by atoms with Crippen LogP contribution < -0.4 is 4.74 Å². The average molecular weight is 367 g/mol. The topological polar surface area (TPSA) is 61.6 Å². The Morgan fingerprint density at radius 2 is 1.85 bits per heavy atom. The molecule has 0 radical (unpaired) electrons. The SMILES string of the molecule is COc1cccc(-c2cc(COC(=O)C34CC5CC(CC(C5)C3)C4)no2)c1. The number of hydrogen-bond donors (Lipinski definition) is 0. The van der Waals surface area contributed by atoms with E-state index in [1.165, 1.54) is 19.3 Å². The fraction of sp³-hybridized carbons (Fsp3) is 0.545. The maximum Gasteiger partial charge on any atom is 0.312 e. The van der Waals surface area contributed by atoms with Crippen molar-refractivity contribution in [1.82, 2.24) is 5.16 Å². The molecular weight excluding hydrogens is 342 g/mol. The number of hydrogen-bond acceptors (Lipinski definition) is 5. The highest BCUT2D eigenvalue weighted by atomic mass is 16.5. The van der Waals surface area contributed by atoms with Gasteiger partial charge in [0, 0.05) is 11.6 Å². The lowest BCUT2D eigenvalue weighted by Gasteiger charge is -2.55. The molecule has 5 heteroatoms. The van der Waals surface area contributed by atoms with Crippen LogP contribution in [0.3, 0.4) is 0 Å². The van der Waals surface area contributed by atoms with Crippen LogP contribution in [0.4, 0.5) is 0 Å². The first-order valence-electron chi connectivity index (χ1n) is 9.91. The van der Waals surface area contributed by atoms with E-state index in [4.69, 9.17) is 14.0 Å². The third-order valence-corrected chi connectivity index (χ3v) is 6.74. The van der Waals surface area contributed by atoms with Gasteiger partial charge >= 0.3 is 5.97 Å². The molecule has 0 aliphatic heterocycles. The third kappa shape index (κ3) is 3.03. The molecule has 0 unspecified atom stereocenters. The zero-order valence-electron chi connectivity index (χ0n) is 15.6. The Balaban J connectivity index is 1.26. The van der Waals surface area contributed by atoms with Crippen LogP contribution in [0.25, 0.3) is 11.3 Å². The van der Waals surface area contributed by atoms with Crippen LogP contribution >= 0.6 is 0 Å². The summed E-state index contributed by atoms with van der Waals surface area (Å²) in [6, 6.07) is 9.46. The first kappa shape index (κ1) is 16.8. The number of esters is 1. The van der Waals surface area contributed by atoms with Crippen LogP contribution in [0, 0.1) is 23.2 Å². The van der Waals surface area contributed by atoms with Gasteiger partial charge in [0.25, 0.3) is 0 Å². The van der Waals surface area contributed by atoms with Crippen LogP contribution in [0.1, 0.15) is 44.2 Å². The van der Waals surface area contributed by atoms with Crippen molar-refractivity contribution in [3.8, 4) is 17.1 Å². The molecule has 1 aromatic heterocycles. The number of methoxy groups -OCH3 is 1. The number of carbonyl (C=O) groups is 1. The highest BCUT2D eigenvalue weighted by Gasteiger charge is 2.55. The van der Waals surface area contributed by atoms with Crippen molar-refractivity contribution in [2.75, 3.05) is 7.11 Å². The second-order valence-corrected chi connectivity index (χ2v) is 8.69. The smallest absolute Gasteiger partial charge is 0.312 e. The Morgan fingerprint density at radius 3 is 2.52 bits per heavy atom. The van der Waals surface area contributed by atoms with E-state index in [9.17, 15) is 4.79 Å². The lowest BCUT2D eigenvalue weighted by Crippen LogP contribution is -2.50. The van der Waals surface area contributed by atoms with Gasteiger partial charge in [-0.1, -0.05) is 17.3 Å². The van der Waals surface area contributed by atoms with Crippen LogP contribution in [0.2, 0.25) is 0 Å². The van der Waals surface area contributed by atoms with Crippen molar-refractivity contribution >= 4 is 5.97 Å². The first-order chi connectivity index (χ1) is 13.1. The van der Waals surface area contributed by atoms with Crippen molar-refractivity contribution in [2.45, 2.75) is 45.1 Å². The van der Waals surface area contributed by atoms with Crippen molar-refractivity contribution < 1.29 is 18.8 Å². The summed E-state index contributed by atoms with van der Waals surface area (Å²) in [6.07, 6.45) is 7.02. The predicted molar refractivity (Wildman–Crippen MR) is 98.9 cm³/mol. The molecule has 27 heavy (non-hydrogen) atoms. The van der Waals surface area contributed by atoms with Gasteiger partial charge in [-0.2, -0.15) is 0 Å². The fourth-order valence-electron chi connectivity index (χ4n) is 5.95. The minimum Gasteiger partial charge on any atom is -0.497 e. The van der Waals surface area contributed by atoms with Crippen LogP contribution in [-0.4, -0.2) is 18.2 Å². The lowest BCUT2D eigenvalue weighted by molar-refractivity contribution is -0.173. The van der Waals surface area contributed by atoms with Crippen molar-refractivity contribution in [3.63, 3.8) is 0 Å². The van der Waals surface area contributed by atoms with Gasteiger partial charge in [-0.25, -0.2) is 0 Å². The zero-order chi connectivity index (χ0) is 18.4. The summed E-state index contributed by atoms with van der Waals surface area (Å²) >= 11 is 0. The first-order valence-corrected chi connectivity index (χ1v) is 9.91. The van der Waals surface area contributed by atoms with Crippen LogP contribution in [0.15, 0.2) is 34.9 Å². The van der Waals surface area contributed by atoms with E-state index in [1.807, 2.05) is 30.3 Å². The standard InChI is InChI=1S/C22H25NO4/c1-25-19-4-2-3-17(8-19)20-9-18(23-27-20)13-26-21(24)22-10-14-5-15(11-22)7-16(6-14)12-22/h2-4,8-9,14-16H,5-7,10-13H2,1H3. The van der Waals surface area contributed by atoms with Crippen LogP contribution in [-0.2, 0) is 16.1 Å². The van der Waals surface area contributed by atoms with Crippen molar-refractivity contribution in [3.05, 3.63) is 36.0 Å². The summed E-state index contributed by atoms with van der Waals surface area (Å²) in [6.45, 7) is 0.175. The summed E-state index contributed by atoms with van der Waals surface area (Å²) in [5, 5.41) is 4.07. The van der Waals surface area contributed by atoms with Crippen LogP contribution in [0.5, 0.6) is 5.75 Å². The molecule has 4 fully saturated rings. The molecule has 6 rings (SSSR count). The Hall–Kier alpha value is -2.30. The highest BCUT2D eigenvalue weighted by Crippen LogP contribution is 2.60. The number of ether oxygens (including phenoxy) is 2. The molecule has 2 aromatic rings. The lowest BCUT2D eigenvalue weighted by atomic mass is 9.49. The molecule has 4 bridgehead atoms. The summed E-state index contributed by atoms with van der Waals surface area (Å²) in [5.74, 6) is 3.59. The third-order valence-electron chi connectivity index (χ3n) is 6.74. The minimum absolute atomic E-state index is 0.0208. The molecule has 0 amide bonds. The molecule has 1 heterocycles. The second kappa shape index (κ2) is 6.39. The Morgan fingerprint density at radius 1 is 1.15 bits per heavy atom. The largest absolute Gasteiger partial charge is 0.497 e. The van der Waals surface area contributed by atoms with Crippen molar-refractivity contribution in [1.29, 1.82) is 0 Å². The van der Waals surface area contributed by atoms with E-state index in [1.54, 1.807) is 7.11 Å². The Kier molecular flexibility index (Phi) is 3.99. The molecule has 0 atom stereocenters. The quantitative estimate of drug-likeness (QED) is 0.722. The summed E-state index contributed by atoms with van der Waals surface area (Å²) in [5.41, 5.74) is 1.31. The van der Waals surface area contributed by atoms with E-state index < -0.39 is 0 Å². The second-order valence-electron chi connectivity index (χ2n) is 8.69. The minimum atomic E-state index is -0.228. The summed E-state index contributed by atoms with van der Waals surface area (Å²) in [4.78, 5) is 12.9. The summed E-state index contributed by atoms with van der Waals surface area (Å²) in [7, 11) is 1.63. The zero-order valence-corrected chi connectivity index (χ0v) is 15.6. The Bertz CT molecular complexity index is 820. The Labute approximate surface area is 159 Å². The predicted octanol–water partition coefficient (Wildman–Crippen LogP) is 4.61. The maximum absolute atomic E-state index is 12.9. The fourth-order valence-corrected chi connectivity index (χ4v) is 5.95. The van der Waals surface area contributed by atoms with E-state index >= 15 is 0 Å². The van der Waals surface area contributed by atoms with Gasteiger partial charge in [-0.15, -0.1) is 0 Å². The molecule has 0 saturated heterocycles. The van der Waals surface area contributed by atoms with Gasteiger partial charge in [0.1, 0.15) is 18.1 Å². The molecule has 5 nitrogen and oxygen atoms in total.